The lowest BCUT2D eigenvalue weighted by molar-refractivity contribution is -0.116. The Labute approximate surface area is 173 Å². The van der Waals surface area contributed by atoms with E-state index in [9.17, 15) is 9.59 Å². The van der Waals surface area contributed by atoms with Crippen molar-refractivity contribution in [3.63, 3.8) is 0 Å². The molecule has 0 bridgehead atoms. The fourth-order valence-corrected chi connectivity index (χ4v) is 4.18. The molecule has 146 valence electrons. The molecule has 0 atom stereocenters. The van der Waals surface area contributed by atoms with Gasteiger partial charge in [-0.05, 0) is 18.6 Å². The second-order valence-electron chi connectivity index (χ2n) is 7.04. The molecule has 5 nitrogen and oxygen atoms in total. The SMILES string of the molecule is C=C1c2ccccc2C(=O)N1CCC(=O)Nc1ncc(Cc2ccc(C)cc2)s1. The van der Waals surface area contributed by atoms with E-state index in [4.69, 9.17) is 0 Å². The number of aryl methyl sites for hydroxylation is 1. The Hall–Kier alpha value is -3.25. The van der Waals surface area contributed by atoms with Crippen molar-refractivity contribution in [2.45, 2.75) is 19.8 Å². The first-order chi connectivity index (χ1) is 14.0. The van der Waals surface area contributed by atoms with Crippen molar-refractivity contribution in [2.75, 3.05) is 11.9 Å². The lowest BCUT2D eigenvalue weighted by atomic mass is 10.1. The second kappa shape index (κ2) is 8.01. The fraction of sp³-hybridized carbons (Fsp3) is 0.174. The number of nitrogens with one attached hydrogen (secondary N) is 1. The van der Waals surface area contributed by atoms with Crippen LogP contribution in [-0.2, 0) is 11.2 Å². The summed E-state index contributed by atoms with van der Waals surface area (Å²) in [5, 5.41) is 3.41. The fourth-order valence-electron chi connectivity index (χ4n) is 3.32. The average Bonchev–Trinajstić information content (AvgIpc) is 3.25. The van der Waals surface area contributed by atoms with E-state index >= 15 is 0 Å². The van der Waals surface area contributed by atoms with Gasteiger partial charge in [0.1, 0.15) is 0 Å². The highest BCUT2D eigenvalue weighted by atomic mass is 32.1. The van der Waals surface area contributed by atoms with Crippen molar-refractivity contribution in [1.29, 1.82) is 0 Å². The number of fused-ring (bicyclic) bond motifs is 1. The molecular weight excluding hydrogens is 382 g/mol. The van der Waals surface area contributed by atoms with Gasteiger partial charge in [0.25, 0.3) is 5.91 Å². The Morgan fingerprint density at radius 3 is 2.59 bits per heavy atom. The summed E-state index contributed by atoms with van der Waals surface area (Å²) < 4.78 is 0. The molecule has 29 heavy (non-hydrogen) atoms. The number of benzene rings is 2. The number of hydrogen-bond donors (Lipinski definition) is 1. The quantitative estimate of drug-likeness (QED) is 0.659. The van der Waals surface area contributed by atoms with Gasteiger partial charge in [0.05, 0.1) is 0 Å². The van der Waals surface area contributed by atoms with Crippen LogP contribution in [0.1, 0.15) is 38.3 Å². The Balaban J connectivity index is 1.32. The molecule has 1 aromatic heterocycles. The summed E-state index contributed by atoms with van der Waals surface area (Å²) in [7, 11) is 0. The number of carbonyl (C=O) groups excluding carboxylic acids is 2. The van der Waals surface area contributed by atoms with Crippen LogP contribution in [0.15, 0.2) is 61.3 Å². The lowest BCUT2D eigenvalue weighted by Crippen LogP contribution is -2.27. The molecule has 1 N–H and O–H groups in total. The molecular formula is C23H21N3O2S. The number of hydrogen-bond acceptors (Lipinski definition) is 4. The number of amides is 2. The normalized spacial score (nSPS) is 12.9. The summed E-state index contributed by atoms with van der Waals surface area (Å²) in [6, 6.07) is 15.8. The highest BCUT2D eigenvalue weighted by Crippen LogP contribution is 2.31. The van der Waals surface area contributed by atoms with Gasteiger partial charge in [-0.1, -0.05) is 54.6 Å². The van der Waals surface area contributed by atoms with E-state index in [0.29, 0.717) is 22.9 Å². The predicted octanol–water partition coefficient (Wildman–Crippen LogP) is 4.50. The molecule has 4 rings (SSSR count). The molecule has 6 heteroatoms. The minimum atomic E-state index is -0.169. The number of anilines is 1. The maximum absolute atomic E-state index is 12.5. The summed E-state index contributed by atoms with van der Waals surface area (Å²) in [4.78, 5) is 31.8. The minimum absolute atomic E-state index is 0.104. The molecule has 2 aromatic carbocycles. The van der Waals surface area contributed by atoms with Crippen molar-refractivity contribution in [3.8, 4) is 0 Å². The molecule has 0 unspecified atom stereocenters. The first-order valence-corrected chi connectivity index (χ1v) is 10.2. The van der Waals surface area contributed by atoms with Crippen LogP contribution in [0.3, 0.4) is 0 Å². The van der Waals surface area contributed by atoms with Crippen molar-refractivity contribution in [1.82, 2.24) is 9.88 Å². The van der Waals surface area contributed by atoms with E-state index < -0.39 is 0 Å². The van der Waals surface area contributed by atoms with Crippen LogP contribution in [-0.4, -0.2) is 28.2 Å². The Morgan fingerprint density at radius 1 is 1.14 bits per heavy atom. The van der Waals surface area contributed by atoms with Gasteiger partial charge in [0, 0.05) is 47.3 Å². The molecule has 0 radical (unpaired) electrons. The number of thiazole rings is 1. The number of carbonyl (C=O) groups is 2. The lowest BCUT2D eigenvalue weighted by Gasteiger charge is -2.16. The average molecular weight is 404 g/mol. The Bertz CT molecular complexity index is 1050. The molecule has 1 aliphatic rings. The van der Waals surface area contributed by atoms with Gasteiger partial charge in [0.2, 0.25) is 5.91 Å². The summed E-state index contributed by atoms with van der Waals surface area (Å²) in [5.41, 5.74) is 4.56. The summed E-state index contributed by atoms with van der Waals surface area (Å²) in [5.74, 6) is -0.272. The standard InChI is InChI=1S/C23H21N3O2S/c1-15-7-9-17(10-8-15)13-18-14-24-23(29-18)25-21(27)11-12-26-16(2)19-5-3-4-6-20(19)22(26)28/h3-10,14H,2,11-13H2,1H3,(H,24,25,27). The van der Waals surface area contributed by atoms with Gasteiger partial charge in [-0.25, -0.2) is 4.98 Å². The van der Waals surface area contributed by atoms with Gasteiger partial charge >= 0.3 is 0 Å². The van der Waals surface area contributed by atoms with E-state index in [1.54, 1.807) is 17.2 Å². The van der Waals surface area contributed by atoms with E-state index in [0.717, 1.165) is 16.9 Å². The van der Waals surface area contributed by atoms with Crippen molar-refractivity contribution in [3.05, 3.63) is 88.4 Å². The summed E-state index contributed by atoms with van der Waals surface area (Å²) in [6.07, 6.45) is 2.77. The Morgan fingerprint density at radius 2 is 1.86 bits per heavy atom. The van der Waals surface area contributed by atoms with E-state index in [-0.39, 0.29) is 18.2 Å². The van der Waals surface area contributed by atoms with Gasteiger partial charge in [-0.3, -0.25) is 9.59 Å². The first-order valence-electron chi connectivity index (χ1n) is 9.41. The van der Waals surface area contributed by atoms with Crippen LogP contribution in [0.25, 0.3) is 5.70 Å². The highest BCUT2D eigenvalue weighted by Gasteiger charge is 2.30. The predicted molar refractivity (Wildman–Crippen MR) is 116 cm³/mol. The van der Waals surface area contributed by atoms with Crippen LogP contribution in [0.2, 0.25) is 0 Å². The van der Waals surface area contributed by atoms with Gasteiger partial charge < -0.3 is 10.2 Å². The minimum Gasteiger partial charge on any atom is -0.308 e. The van der Waals surface area contributed by atoms with Crippen LogP contribution in [0.4, 0.5) is 5.13 Å². The third kappa shape index (κ3) is 4.12. The van der Waals surface area contributed by atoms with Gasteiger partial charge in [-0.15, -0.1) is 11.3 Å². The van der Waals surface area contributed by atoms with Crippen molar-refractivity contribution < 1.29 is 9.59 Å². The molecule has 0 fully saturated rings. The zero-order valence-electron chi connectivity index (χ0n) is 16.1. The molecule has 0 saturated carbocycles. The second-order valence-corrected chi connectivity index (χ2v) is 8.16. The smallest absolute Gasteiger partial charge is 0.258 e. The number of aromatic nitrogens is 1. The molecule has 0 saturated heterocycles. The Kier molecular flexibility index (Phi) is 5.27. The van der Waals surface area contributed by atoms with E-state index in [2.05, 4.69) is 48.1 Å². The summed E-state index contributed by atoms with van der Waals surface area (Å²) >= 11 is 1.47. The zero-order chi connectivity index (χ0) is 20.4. The highest BCUT2D eigenvalue weighted by molar-refractivity contribution is 7.15. The molecule has 0 aliphatic carbocycles. The van der Waals surface area contributed by atoms with Crippen LogP contribution < -0.4 is 5.32 Å². The maximum Gasteiger partial charge on any atom is 0.258 e. The van der Waals surface area contributed by atoms with Crippen LogP contribution >= 0.6 is 11.3 Å². The monoisotopic (exact) mass is 403 g/mol. The van der Waals surface area contributed by atoms with Gasteiger partial charge in [0.15, 0.2) is 5.13 Å². The summed E-state index contributed by atoms with van der Waals surface area (Å²) in [6.45, 7) is 6.36. The van der Waals surface area contributed by atoms with Crippen molar-refractivity contribution >= 4 is 34.0 Å². The topological polar surface area (TPSA) is 62.3 Å². The van der Waals surface area contributed by atoms with Gasteiger partial charge in [-0.2, -0.15) is 0 Å². The maximum atomic E-state index is 12.5. The van der Waals surface area contributed by atoms with E-state index in [1.165, 1.54) is 22.5 Å². The van der Waals surface area contributed by atoms with Crippen molar-refractivity contribution in [2.24, 2.45) is 0 Å². The first kappa shape index (κ1) is 19.1. The third-order valence-corrected chi connectivity index (χ3v) is 5.81. The molecule has 0 spiro atoms. The van der Waals surface area contributed by atoms with Crippen LogP contribution in [0.5, 0.6) is 0 Å². The largest absolute Gasteiger partial charge is 0.308 e. The van der Waals surface area contributed by atoms with Crippen LogP contribution in [0, 0.1) is 6.92 Å². The molecule has 2 amide bonds. The third-order valence-electron chi connectivity index (χ3n) is 4.90. The zero-order valence-corrected chi connectivity index (χ0v) is 17.0. The number of rotatable bonds is 6. The number of nitrogens with zero attached hydrogens (tertiary/aromatic N) is 2. The molecule has 1 aliphatic heterocycles. The van der Waals surface area contributed by atoms with E-state index in [1.807, 2.05) is 18.2 Å². The molecule has 3 aromatic rings. The molecule has 2 heterocycles.